The molecule has 0 aliphatic carbocycles. The SMILES string of the molecule is Cc1[c]c(N)sn1. The second kappa shape index (κ2) is 1.50. The van der Waals surface area contributed by atoms with Gasteiger partial charge in [-0.15, -0.1) is 0 Å². The lowest BCUT2D eigenvalue weighted by atomic mass is 10.5. The molecule has 0 fully saturated rings. The third-order valence-corrected chi connectivity index (χ3v) is 1.25. The third kappa shape index (κ3) is 0.899. The molecule has 0 saturated carbocycles. The molecule has 0 amide bonds. The second-order valence-corrected chi connectivity index (χ2v) is 2.06. The summed E-state index contributed by atoms with van der Waals surface area (Å²) >= 11 is 1.28. The predicted molar refractivity (Wildman–Crippen MR) is 30.1 cm³/mol. The molecule has 0 atom stereocenters. The van der Waals surface area contributed by atoms with Gasteiger partial charge in [0.15, 0.2) is 0 Å². The van der Waals surface area contributed by atoms with Crippen LogP contribution < -0.4 is 5.73 Å². The largest absolute Gasteiger partial charge is 0.389 e. The highest BCUT2D eigenvalue weighted by Crippen LogP contribution is 2.07. The molecule has 0 spiro atoms. The first-order valence-corrected chi connectivity index (χ1v) is 2.67. The molecule has 1 heterocycles. The van der Waals surface area contributed by atoms with Gasteiger partial charge in [0.2, 0.25) is 0 Å². The number of nitrogens with two attached hydrogens (primary N) is 1. The van der Waals surface area contributed by atoms with Gasteiger partial charge in [-0.2, -0.15) is 4.37 Å². The maximum atomic E-state index is 5.28. The van der Waals surface area contributed by atoms with E-state index in [4.69, 9.17) is 5.73 Å². The lowest BCUT2D eigenvalue weighted by Gasteiger charge is -1.67. The number of nitrogens with zero attached hydrogens (tertiary/aromatic N) is 1. The topological polar surface area (TPSA) is 38.9 Å². The summed E-state index contributed by atoms with van der Waals surface area (Å²) in [6, 6.07) is 2.82. The summed E-state index contributed by atoms with van der Waals surface area (Å²) in [5.74, 6) is 0. The Morgan fingerprint density at radius 3 is 2.71 bits per heavy atom. The molecule has 0 saturated heterocycles. The van der Waals surface area contributed by atoms with Gasteiger partial charge in [-0.25, -0.2) is 0 Å². The van der Waals surface area contributed by atoms with E-state index < -0.39 is 0 Å². The van der Waals surface area contributed by atoms with Crippen molar-refractivity contribution in [3.05, 3.63) is 11.8 Å². The molecule has 0 bridgehead atoms. The quantitative estimate of drug-likeness (QED) is 0.541. The molecule has 2 N–H and O–H groups in total. The van der Waals surface area contributed by atoms with E-state index in [9.17, 15) is 0 Å². The van der Waals surface area contributed by atoms with Crippen LogP contribution in [0.2, 0.25) is 0 Å². The Labute approximate surface area is 46.1 Å². The maximum Gasteiger partial charge on any atom is 0.115 e. The van der Waals surface area contributed by atoms with Crippen LogP contribution in [0.3, 0.4) is 0 Å². The average molecular weight is 113 g/mol. The zero-order valence-corrected chi connectivity index (χ0v) is 4.75. The van der Waals surface area contributed by atoms with Gasteiger partial charge in [0.1, 0.15) is 5.00 Å². The molecule has 1 radical (unpaired) electrons. The first kappa shape index (κ1) is 4.59. The Hall–Kier alpha value is -0.570. The van der Waals surface area contributed by atoms with Crippen molar-refractivity contribution in [3.63, 3.8) is 0 Å². The standard InChI is InChI=1S/C4H5N2S/c1-3-2-4(5)7-6-3/h5H2,1H3. The van der Waals surface area contributed by atoms with E-state index in [1.54, 1.807) is 0 Å². The van der Waals surface area contributed by atoms with Crippen molar-refractivity contribution in [3.8, 4) is 0 Å². The molecule has 7 heavy (non-hydrogen) atoms. The minimum Gasteiger partial charge on any atom is -0.389 e. The molecule has 1 aromatic heterocycles. The van der Waals surface area contributed by atoms with Gasteiger partial charge < -0.3 is 5.73 Å². The molecule has 1 aromatic rings. The molecule has 3 heteroatoms. The highest BCUT2D eigenvalue weighted by atomic mass is 32.1. The van der Waals surface area contributed by atoms with Crippen molar-refractivity contribution in [2.45, 2.75) is 6.92 Å². The molecule has 0 unspecified atom stereocenters. The van der Waals surface area contributed by atoms with E-state index in [0.29, 0.717) is 5.00 Å². The van der Waals surface area contributed by atoms with Gasteiger partial charge >= 0.3 is 0 Å². The van der Waals surface area contributed by atoms with Crippen LogP contribution in [-0.4, -0.2) is 4.37 Å². The number of anilines is 1. The monoisotopic (exact) mass is 113 g/mol. The van der Waals surface area contributed by atoms with E-state index in [0.717, 1.165) is 5.69 Å². The van der Waals surface area contributed by atoms with Crippen molar-refractivity contribution in [2.24, 2.45) is 0 Å². The summed E-state index contributed by atoms with van der Waals surface area (Å²) in [5.41, 5.74) is 6.16. The fraction of sp³-hybridized carbons (Fsp3) is 0.250. The zero-order chi connectivity index (χ0) is 5.28. The summed E-state index contributed by atoms with van der Waals surface area (Å²) in [6.45, 7) is 1.87. The smallest absolute Gasteiger partial charge is 0.115 e. The number of hydrogen-bond donors (Lipinski definition) is 1. The Kier molecular flexibility index (Phi) is 0.982. The molecule has 0 aliphatic rings. The van der Waals surface area contributed by atoms with Crippen LogP contribution in [0.25, 0.3) is 0 Å². The summed E-state index contributed by atoms with van der Waals surface area (Å²) in [4.78, 5) is 0. The number of aryl methyl sites for hydroxylation is 1. The molecule has 1 rings (SSSR count). The highest BCUT2D eigenvalue weighted by Gasteiger charge is 1.88. The van der Waals surface area contributed by atoms with Crippen LogP contribution in [0, 0.1) is 13.0 Å². The van der Waals surface area contributed by atoms with Gasteiger partial charge in [0.05, 0.1) is 5.69 Å². The summed E-state index contributed by atoms with van der Waals surface area (Å²) in [5, 5.41) is 0.664. The minimum atomic E-state index is 0.664. The van der Waals surface area contributed by atoms with Crippen LogP contribution in [0.1, 0.15) is 5.69 Å². The zero-order valence-electron chi connectivity index (χ0n) is 3.93. The number of nitrogen functional groups attached to an aromatic ring is 1. The van der Waals surface area contributed by atoms with Crippen LogP contribution in [0.15, 0.2) is 0 Å². The van der Waals surface area contributed by atoms with Gasteiger partial charge in [-0.1, -0.05) is 0 Å². The van der Waals surface area contributed by atoms with Crippen LogP contribution in [0.4, 0.5) is 5.00 Å². The van der Waals surface area contributed by atoms with Crippen molar-refractivity contribution in [2.75, 3.05) is 5.73 Å². The van der Waals surface area contributed by atoms with E-state index in [1.807, 2.05) is 6.92 Å². The van der Waals surface area contributed by atoms with Gasteiger partial charge in [0, 0.05) is 6.07 Å². The molecular weight excluding hydrogens is 108 g/mol. The van der Waals surface area contributed by atoms with E-state index >= 15 is 0 Å². The first-order chi connectivity index (χ1) is 3.29. The lowest BCUT2D eigenvalue weighted by Crippen LogP contribution is -1.74. The van der Waals surface area contributed by atoms with Crippen LogP contribution >= 0.6 is 11.5 Å². The number of hydrogen-bond acceptors (Lipinski definition) is 3. The maximum absolute atomic E-state index is 5.28. The van der Waals surface area contributed by atoms with Gasteiger partial charge in [0.25, 0.3) is 0 Å². The highest BCUT2D eigenvalue weighted by molar-refractivity contribution is 7.09. The van der Waals surface area contributed by atoms with Crippen molar-refractivity contribution < 1.29 is 0 Å². The molecule has 2 nitrogen and oxygen atoms in total. The Balaban J connectivity index is 3.04. The predicted octanol–water partition coefficient (Wildman–Crippen LogP) is 0.834. The number of aromatic nitrogens is 1. The normalized spacial score (nSPS) is 9.29. The van der Waals surface area contributed by atoms with Gasteiger partial charge in [-0.05, 0) is 18.5 Å². The molecule has 0 aromatic carbocycles. The third-order valence-electron chi connectivity index (χ3n) is 0.585. The minimum absolute atomic E-state index is 0.664. The Bertz CT molecular complexity index is 142. The fourth-order valence-electron chi connectivity index (χ4n) is 0.342. The van der Waals surface area contributed by atoms with Crippen molar-refractivity contribution >= 4 is 16.5 Å². The van der Waals surface area contributed by atoms with Crippen LogP contribution in [0.5, 0.6) is 0 Å². The van der Waals surface area contributed by atoms with Crippen molar-refractivity contribution in [1.82, 2.24) is 4.37 Å². The fourth-order valence-corrected chi connectivity index (χ4v) is 0.816. The Morgan fingerprint density at radius 1 is 1.86 bits per heavy atom. The van der Waals surface area contributed by atoms with Crippen LogP contribution in [-0.2, 0) is 0 Å². The lowest BCUT2D eigenvalue weighted by molar-refractivity contribution is 1.34. The van der Waals surface area contributed by atoms with Crippen molar-refractivity contribution in [1.29, 1.82) is 0 Å². The first-order valence-electron chi connectivity index (χ1n) is 1.90. The summed E-state index contributed by atoms with van der Waals surface area (Å²) < 4.78 is 3.88. The Morgan fingerprint density at radius 2 is 2.57 bits per heavy atom. The van der Waals surface area contributed by atoms with Gasteiger partial charge in [-0.3, -0.25) is 0 Å². The van der Waals surface area contributed by atoms with E-state index in [2.05, 4.69) is 10.4 Å². The van der Waals surface area contributed by atoms with E-state index in [-0.39, 0.29) is 0 Å². The average Bonchev–Trinajstić information content (AvgIpc) is 1.87. The molecule has 37 valence electrons. The summed E-state index contributed by atoms with van der Waals surface area (Å²) in [7, 11) is 0. The summed E-state index contributed by atoms with van der Waals surface area (Å²) in [6.07, 6.45) is 0. The second-order valence-electron chi connectivity index (χ2n) is 1.26. The van der Waals surface area contributed by atoms with E-state index in [1.165, 1.54) is 11.5 Å². The molecule has 0 aliphatic heterocycles. The number of rotatable bonds is 0. The molecular formula is C4H5N2S.